The fraction of sp³-hybridized carbons (Fsp3) is 0.300. The smallest absolute Gasteiger partial charge is 0.309 e. The van der Waals surface area contributed by atoms with Crippen LogP contribution in [0.1, 0.15) is 19.0 Å². The van der Waals surface area contributed by atoms with Gasteiger partial charge in [0.15, 0.2) is 5.13 Å². The molecule has 1 aromatic heterocycles. The van der Waals surface area contributed by atoms with Gasteiger partial charge < -0.3 is 10.4 Å². The SMILES string of the molecule is C/C=C/CC(=O)Nc1nc(CC(=O)O)cs1. The van der Waals surface area contributed by atoms with Gasteiger partial charge in [-0.1, -0.05) is 12.2 Å². The van der Waals surface area contributed by atoms with Crippen LogP contribution in [0.5, 0.6) is 0 Å². The number of hydrogen-bond acceptors (Lipinski definition) is 4. The number of carboxylic acid groups (broad SMARTS) is 1. The Hall–Kier alpha value is -1.69. The molecule has 1 rings (SSSR count). The van der Waals surface area contributed by atoms with Crippen LogP contribution in [-0.2, 0) is 16.0 Å². The van der Waals surface area contributed by atoms with E-state index in [-0.39, 0.29) is 12.3 Å². The third-order valence-electron chi connectivity index (χ3n) is 1.67. The number of nitrogens with zero attached hydrogens (tertiary/aromatic N) is 1. The van der Waals surface area contributed by atoms with Crippen molar-refractivity contribution in [3.8, 4) is 0 Å². The maximum Gasteiger partial charge on any atom is 0.309 e. The molecular formula is C10H12N2O3S. The average molecular weight is 240 g/mol. The highest BCUT2D eigenvalue weighted by molar-refractivity contribution is 7.13. The Morgan fingerprint density at radius 2 is 2.38 bits per heavy atom. The number of carbonyl (C=O) groups is 2. The van der Waals surface area contributed by atoms with Crippen molar-refractivity contribution in [1.82, 2.24) is 4.98 Å². The Balaban J connectivity index is 2.51. The Labute approximate surface area is 96.8 Å². The second kappa shape index (κ2) is 6.02. The molecule has 86 valence electrons. The van der Waals surface area contributed by atoms with Gasteiger partial charge in [0.25, 0.3) is 0 Å². The van der Waals surface area contributed by atoms with Gasteiger partial charge >= 0.3 is 5.97 Å². The molecule has 2 N–H and O–H groups in total. The normalized spacial score (nSPS) is 10.6. The Bertz CT molecular complexity index is 412. The van der Waals surface area contributed by atoms with Crippen LogP contribution in [0.2, 0.25) is 0 Å². The van der Waals surface area contributed by atoms with E-state index in [1.54, 1.807) is 17.5 Å². The summed E-state index contributed by atoms with van der Waals surface area (Å²) in [6, 6.07) is 0. The number of amides is 1. The number of anilines is 1. The molecule has 0 aliphatic heterocycles. The second-order valence-corrected chi connectivity index (χ2v) is 3.89. The number of rotatable bonds is 5. The van der Waals surface area contributed by atoms with Crippen molar-refractivity contribution in [1.29, 1.82) is 0 Å². The first kappa shape index (κ1) is 12.4. The van der Waals surface area contributed by atoms with Gasteiger partial charge in [0.2, 0.25) is 5.91 Å². The molecule has 1 aromatic rings. The highest BCUT2D eigenvalue weighted by atomic mass is 32.1. The van der Waals surface area contributed by atoms with Crippen molar-refractivity contribution in [2.45, 2.75) is 19.8 Å². The molecule has 0 saturated heterocycles. The lowest BCUT2D eigenvalue weighted by Crippen LogP contribution is -2.10. The highest BCUT2D eigenvalue weighted by Crippen LogP contribution is 2.15. The summed E-state index contributed by atoms with van der Waals surface area (Å²) in [6.45, 7) is 1.83. The van der Waals surface area contributed by atoms with Gasteiger partial charge in [0.1, 0.15) is 0 Å². The first-order chi connectivity index (χ1) is 7.61. The third-order valence-corrected chi connectivity index (χ3v) is 2.48. The standard InChI is InChI=1S/C10H12N2O3S/c1-2-3-4-8(13)12-10-11-7(6-16-10)5-9(14)15/h2-3,6H,4-5H2,1H3,(H,14,15)(H,11,12,13)/b3-2+. The van der Waals surface area contributed by atoms with Crippen molar-refractivity contribution in [2.24, 2.45) is 0 Å². The molecule has 0 fully saturated rings. The van der Waals surface area contributed by atoms with Gasteiger partial charge in [-0.15, -0.1) is 11.3 Å². The van der Waals surface area contributed by atoms with E-state index in [4.69, 9.17) is 5.11 Å². The number of carbonyl (C=O) groups excluding carboxylic acids is 1. The molecule has 1 amide bonds. The van der Waals surface area contributed by atoms with Gasteiger partial charge in [-0.3, -0.25) is 9.59 Å². The zero-order valence-electron chi connectivity index (χ0n) is 8.77. The van der Waals surface area contributed by atoms with E-state index in [0.717, 1.165) is 0 Å². The lowest BCUT2D eigenvalue weighted by Gasteiger charge is -1.96. The summed E-state index contributed by atoms with van der Waals surface area (Å²) < 4.78 is 0. The van der Waals surface area contributed by atoms with Crippen LogP contribution < -0.4 is 5.32 Å². The summed E-state index contributed by atoms with van der Waals surface area (Å²) in [7, 11) is 0. The van der Waals surface area contributed by atoms with Crippen LogP contribution in [0.3, 0.4) is 0 Å². The Morgan fingerprint density at radius 1 is 1.62 bits per heavy atom. The molecule has 0 radical (unpaired) electrons. The minimum atomic E-state index is -0.933. The molecule has 0 saturated carbocycles. The molecule has 0 spiro atoms. The van der Waals surface area contributed by atoms with Crippen molar-refractivity contribution in [3.05, 3.63) is 23.2 Å². The van der Waals surface area contributed by atoms with Gasteiger partial charge in [-0.25, -0.2) is 4.98 Å². The van der Waals surface area contributed by atoms with E-state index in [1.807, 2.05) is 6.92 Å². The maximum atomic E-state index is 11.3. The van der Waals surface area contributed by atoms with Crippen molar-refractivity contribution in [2.75, 3.05) is 5.32 Å². The summed E-state index contributed by atoms with van der Waals surface area (Å²) in [5, 5.41) is 13.2. The summed E-state index contributed by atoms with van der Waals surface area (Å²) in [4.78, 5) is 25.7. The van der Waals surface area contributed by atoms with Gasteiger partial charge in [-0.2, -0.15) is 0 Å². The average Bonchev–Trinajstić information content (AvgIpc) is 2.61. The van der Waals surface area contributed by atoms with E-state index in [2.05, 4.69) is 10.3 Å². The molecule has 0 aliphatic carbocycles. The molecule has 0 aliphatic rings. The summed E-state index contributed by atoms with van der Waals surface area (Å²) >= 11 is 1.22. The summed E-state index contributed by atoms with van der Waals surface area (Å²) in [6.07, 6.45) is 3.70. The van der Waals surface area contributed by atoms with Crippen LogP contribution in [0, 0.1) is 0 Å². The van der Waals surface area contributed by atoms with E-state index in [1.165, 1.54) is 11.3 Å². The number of aliphatic carboxylic acids is 1. The number of aromatic nitrogens is 1. The Kier molecular flexibility index (Phi) is 4.65. The van der Waals surface area contributed by atoms with Gasteiger partial charge in [0.05, 0.1) is 12.1 Å². The number of allylic oxidation sites excluding steroid dienone is 1. The zero-order chi connectivity index (χ0) is 12.0. The number of carboxylic acids is 1. The predicted molar refractivity (Wildman–Crippen MR) is 61.5 cm³/mol. The van der Waals surface area contributed by atoms with E-state index in [0.29, 0.717) is 17.2 Å². The van der Waals surface area contributed by atoms with Gasteiger partial charge in [-0.05, 0) is 6.92 Å². The topological polar surface area (TPSA) is 79.3 Å². The largest absolute Gasteiger partial charge is 0.481 e. The summed E-state index contributed by atoms with van der Waals surface area (Å²) in [5.74, 6) is -1.09. The molecule has 16 heavy (non-hydrogen) atoms. The predicted octanol–water partition coefficient (Wildman–Crippen LogP) is 1.67. The van der Waals surface area contributed by atoms with Crippen LogP contribution >= 0.6 is 11.3 Å². The first-order valence-electron chi connectivity index (χ1n) is 4.69. The molecule has 1 heterocycles. The van der Waals surface area contributed by atoms with E-state index in [9.17, 15) is 9.59 Å². The lowest BCUT2D eigenvalue weighted by atomic mass is 10.3. The minimum Gasteiger partial charge on any atom is -0.481 e. The van der Waals surface area contributed by atoms with Crippen LogP contribution in [0.4, 0.5) is 5.13 Å². The fourth-order valence-electron chi connectivity index (χ4n) is 0.996. The highest BCUT2D eigenvalue weighted by Gasteiger charge is 2.07. The maximum absolute atomic E-state index is 11.3. The van der Waals surface area contributed by atoms with E-state index >= 15 is 0 Å². The van der Waals surface area contributed by atoms with Crippen molar-refractivity contribution < 1.29 is 14.7 Å². The molecule has 0 bridgehead atoms. The summed E-state index contributed by atoms with van der Waals surface area (Å²) in [5.41, 5.74) is 0.457. The van der Waals surface area contributed by atoms with Crippen LogP contribution in [0.25, 0.3) is 0 Å². The third kappa shape index (κ3) is 4.22. The van der Waals surface area contributed by atoms with Crippen molar-refractivity contribution >= 4 is 28.3 Å². The quantitative estimate of drug-likeness (QED) is 0.767. The number of nitrogens with one attached hydrogen (secondary N) is 1. The molecular weight excluding hydrogens is 228 g/mol. The molecule has 6 heteroatoms. The van der Waals surface area contributed by atoms with Gasteiger partial charge in [0, 0.05) is 11.8 Å². The van der Waals surface area contributed by atoms with Crippen LogP contribution in [-0.4, -0.2) is 22.0 Å². The molecule has 0 atom stereocenters. The van der Waals surface area contributed by atoms with Crippen LogP contribution in [0.15, 0.2) is 17.5 Å². The molecule has 0 unspecified atom stereocenters. The second-order valence-electron chi connectivity index (χ2n) is 3.04. The first-order valence-corrected chi connectivity index (χ1v) is 5.57. The minimum absolute atomic E-state index is 0.124. The monoisotopic (exact) mass is 240 g/mol. The van der Waals surface area contributed by atoms with Crippen molar-refractivity contribution in [3.63, 3.8) is 0 Å². The Morgan fingerprint density at radius 3 is 3.00 bits per heavy atom. The number of hydrogen-bond donors (Lipinski definition) is 2. The zero-order valence-corrected chi connectivity index (χ0v) is 9.58. The molecule has 0 aromatic carbocycles. The van der Waals surface area contributed by atoms with E-state index < -0.39 is 5.97 Å². The number of thiazole rings is 1. The lowest BCUT2D eigenvalue weighted by molar-refractivity contribution is -0.136. The molecule has 5 nitrogen and oxygen atoms in total. The fourth-order valence-corrected chi connectivity index (χ4v) is 1.72.